The molecule has 9 nitrogen and oxygen atoms in total. The van der Waals surface area contributed by atoms with E-state index in [2.05, 4.69) is 15.6 Å². The van der Waals surface area contributed by atoms with Crippen LogP contribution in [0.5, 0.6) is 5.88 Å². The van der Waals surface area contributed by atoms with Crippen LogP contribution in [-0.4, -0.2) is 46.6 Å². The Hall–Kier alpha value is -4.89. The van der Waals surface area contributed by atoms with Crippen molar-refractivity contribution < 1.29 is 24.2 Å². The molecule has 0 fully saturated rings. The zero-order valence-electron chi connectivity index (χ0n) is 19.9. The van der Waals surface area contributed by atoms with Crippen LogP contribution in [0, 0.1) is 0 Å². The van der Waals surface area contributed by atoms with Crippen molar-refractivity contribution in [1.29, 1.82) is 0 Å². The smallest absolute Gasteiger partial charge is 0.337 e. The number of nitrogens with zero attached hydrogens (tertiary/aromatic N) is 2. The number of amides is 1. The van der Waals surface area contributed by atoms with E-state index in [4.69, 9.17) is 9.47 Å². The third-order valence-electron chi connectivity index (χ3n) is 5.75. The highest BCUT2D eigenvalue weighted by atomic mass is 16.5. The minimum Gasteiger partial charge on any atom is -0.473 e. The molecule has 1 unspecified atom stereocenters. The Kier molecular flexibility index (Phi) is 6.69. The largest absolute Gasteiger partial charge is 0.473 e. The van der Waals surface area contributed by atoms with Crippen LogP contribution >= 0.6 is 0 Å². The van der Waals surface area contributed by atoms with Crippen LogP contribution in [0.3, 0.4) is 0 Å². The highest BCUT2D eigenvalue weighted by Gasteiger charge is 2.17. The molecule has 1 atom stereocenters. The van der Waals surface area contributed by atoms with Crippen molar-refractivity contribution in [2.24, 2.45) is 0 Å². The average molecular weight is 497 g/mol. The molecule has 0 saturated heterocycles. The number of anilines is 2. The van der Waals surface area contributed by atoms with Gasteiger partial charge in [0.15, 0.2) is 6.23 Å². The van der Waals surface area contributed by atoms with E-state index in [9.17, 15) is 14.7 Å². The van der Waals surface area contributed by atoms with Gasteiger partial charge in [-0.05, 0) is 36.4 Å². The van der Waals surface area contributed by atoms with Crippen molar-refractivity contribution in [3.63, 3.8) is 0 Å². The number of hydrogen-bond acceptors (Lipinski definition) is 7. The lowest BCUT2D eigenvalue weighted by Crippen LogP contribution is -2.27. The van der Waals surface area contributed by atoms with Crippen LogP contribution in [0.25, 0.3) is 21.8 Å². The summed E-state index contributed by atoms with van der Waals surface area (Å²) in [5, 5.41) is 18.1. The zero-order chi connectivity index (χ0) is 25.8. The first-order valence-electron chi connectivity index (χ1n) is 11.5. The molecule has 9 heteroatoms. The summed E-state index contributed by atoms with van der Waals surface area (Å²) < 4.78 is 11.9. The molecule has 0 aliphatic heterocycles. The maximum absolute atomic E-state index is 13.5. The summed E-state index contributed by atoms with van der Waals surface area (Å²) in [5.41, 5.74) is 2.44. The van der Waals surface area contributed by atoms with Crippen molar-refractivity contribution in [1.82, 2.24) is 9.55 Å². The molecule has 5 aromatic rings. The number of nitrogens with one attached hydrogen (secondary N) is 2. The molecular weight excluding hydrogens is 472 g/mol. The third-order valence-corrected chi connectivity index (χ3v) is 5.75. The zero-order valence-corrected chi connectivity index (χ0v) is 19.9. The molecule has 37 heavy (non-hydrogen) atoms. The van der Waals surface area contributed by atoms with Crippen molar-refractivity contribution in [2.45, 2.75) is 6.23 Å². The number of para-hydroxylation sites is 2. The molecule has 186 valence electrons. The maximum Gasteiger partial charge on any atom is 0.337 e. The molecule has 1 amide bonds. The van der Waals surface area contributed by atoms with Gasteiger partial charge in [-0.25, -0.2) is 14.6 Å². The van der Waals surface area contributed by atoms with E-state index < -0.39 is 18.2 Å². The van der Waals surface area contributed by atoms with E-state index in [0.717, 1.165) is 21.8 Å². The topological polar surface area (TPSA) is 115 Å². The lowest BCUT2D eigenvalue weighted by atomic mass is 10.1. The quantitative estimate of drug-likeness (QED) is 0.218. The molecule has 0 aliphatic rings. The number of aliphatic hydroxyl groups is 1. The lowest BCUT2D eigenvalue weighted by Gasteiger charge is -2.17. The lowest BCUT2D eigenvalue weighted by molar-refractivity contribution is 0.0600. The Morgan fingerprint density at radius 2 is 1.57 bits per heavy atom. The third kappa shape index (κ3) is 5.07. The van der Waals surface area contributed by atoms with Crippen molar-refractivity contribution in [3.05, 3.63) is 96.7 Å². The number of methoxy groups -OCH3 is 1. The summed E-state index contributed by atoms with van der Waals surface area (Å²) in [6, 6.07) is 24.8. The highest BCUT2D eigenvalue weighted by Crippen LogP contribution is 2.29. The van der Waals surface area contributed by atoms with Crippen LogP contribution < -0.4 is 15.4 Å². The van der Waals surface area contributed by atoms with Crippen LogP contribution in [0.15, 0.2) is 91.1 Å². The number of carbonyl (C=O) groups excluding carboxylic acids is 2. The molecule has 0 bridgehead atoms. The van der Waals surface area contributed by atoms with E-state index >= 15 is 0 Å². The number of fused-ring (bicyclic) bond motifs is 3. The summed E-state index contributed by atoms with van der Waals surface area (Å²) >= 11 is 0. The van der Waals surface area contributed by atoms with Crippen molar-refractivity contribution in [3.8, 4) is 5.88 Å². The molecule has 2 heterocycles. The molecule has 0 radical (unpaired) electrons. The number of pyridine rings is 1. The summed E-state index contributed by atoms with van der Waals surface area (Å²) in [7, 11) is 1.27. The fourth-order valence-corrected chi connectivity index (χ4v) is 4.17. The molecule has 2 aromatic heterocycles. The maximum atomic E-state index is 13.5. The Labute approximate surface area is 212 Å². The SMILES string of the molecule is COC(=O)c1cc(NC(=O)n2c3ccccc3c3ccccc32)cc(NC(O)COc2ccccn2)c1. The number of aliphatic hydroxyl groups excluding tert-OH is 1. The van der Waals surface area contributed by atoms with Crippen molar-refractivity contribution in [2.75, 3.05) is 24.4 Å². The molecule has 0 spiro atoms. The minimum absolute atomic E-state index is 0.0947. The number of aromatic nitrogens is 2. The number of benzene rings is 3. The van der Waals surface area contributed by atoms with Gasteiger partial charge in [-0.3, -0.25) is 4.57 Å². The predicted molar refractivity (Wildman–Crippen MR) is 141 cm³/mol. The van der Waals surface area contributed by atoms with E-state index in [0.29, 0.717) is 17.3 Å². The predicted octanol–water partition coefficient (Wildman–Crippen LogP) is 4.87. The molecule has 3 aromatic carbocycles. The first-order valence-corrected chi connectivity index (χ1v) is 11.5. The number of rotatable bonds is 7. The second-order valence-electron chi connectivity index (χ2n) is 8.23. The standard InChI is InChI=1S/C28H24N4O5/c1-36-27(34)18-14-19(30-25(33)17-37-26-12-6-7-13-29-26)16-20(15-18)31-28(35)32-23-10-4-2-8-21(23)22-9-3-5-11-24(22)32/h2-16,25,30,33H,17H2,1H3,(H,31,35). The Bertz CT molecular complexity index is 1530. The normalized spacial score (nSPS) is 11.7. The molecule has 0 aliphatic carbocycles. The first kappa shape index (κ1) is 23.8. The van der Waals surface area contributed by atoms with Crippen LogP contribution in [0.1, 0.15) is 10.4 Å². The van der Waals surface area contributed by atoms with Gasteiger partial charge in [-0.15, -0.1) is 0 Å². The second kappa shape index (κ2) is 10.4. The van der Waals surface area contributed by atoms with Gasteiger partial charge < -0.3 is 25.2 Å². The van der Waals surface area contributed by atoms with Gasteiger partial charge in [0, 0.05) is 34.4 Å². The summed E-state index contributed by atoms with van der Waals surface area (Å²) in [6.45, 7) is -0.0947. The van der Waals surface area contributed by atoms with Gasteiger partial charge in [0.1, 0.15) is 6.61 Å². The highest BCUT2D eigenvalue weighted by molar-refractivity contribution is 6.15. The van der Waals surface area contributed by atoms with E-state index in [1.54, 1.807) is 35.0 Å². The van der Waals surface area contributed by atoms with Gasteiger partial charge in [-0.1, -0.05) is 42.5 Å². The monoisotopic (exact) mass is 496 g/mol. The van der Waals surface area contributed by atoms with Gasteiger partial charge in [0.05, 0.1) is 23.7 Å². The van der Waals surface area contributed by atoms with Crippen LogP contribution in [0.2, 0.25) is 0 Å². The minimum atomic E-state index is -1.12. The van der Waals surface area contributed by atoms with E-state index in [-0.39, 0.29) is 12.2 Å². The van der Waals surface area contributed by atoms with E-state index in [1.165, 1.54) is 19.2 Å². The van der Waals surface area contributed by atoms with Crippen LogP contribution in [-0.2, 0) is 4.74 Å². The number of esters is 1. The van der Waals surface area contributed by atoms with Gasteiger partial charge in [-0.2, -0.15) is 0 Å². The number of carbonyl (C=O) groups is 2. The Balaban J connectivity index is 1.42. The fourth-order valence-electron chi connectivity index (χ4n) is 4.17. The Morgan fingerprint density at radius 3 is 2.22 bits per heavy atom. The van der Waals surface area contributed by atoms with Gasteiger partial charge in [0.25, 0.3) is 0 Å². The van der Waals surface area contributed by atoms with Crippen molar-refractivity contribution >= 4 is 45.2 Å². The molecule has 3 N–H and O–H groups in total. The summed E-state index contributed by atoms with van der Waals surface area (Å²) in [6.07, 6.45) is 0.469. The van der Waals surface area contributed by atoms with Gasteiger partial charge >= 0.3 is 12.0 Å². The second-order valence-corrected chi connectivity index (χ2v) is 8.23. The summed E-state index contributed by atoms with van der Waals surface area (Å²) in [4.78, 5) is 29.8. The average Bonchev–Trinajstić information content (AvgIpc) is 3.26. The van der Waals surface area contributed by atoms with Gasteiger partial charge in [0.2, 0.25) is 5.88 Å². The number of ether oxygens (including phenoxy) is 2. The fraction of sp³-hybridized carbons (Fsp3) is 0.107. The first-order chi connectivity index (χ1) is 18.0. The Morgan fingerprint density at radius 1 is 0.919 bits per heavy atom. The molecule has 0 saturated carbocycles. The molecule has 5 rings (SSSR count). The number of hydrogen-bond donors (Lipinski definition) is 3. The molecular formula is C28H24N4O5. The van der Waals surface area contributed by atoms with E-state index in [1.807, 2.05) is 48.5 Å². The van der Waals surface area contributed by atoms with Crippen LogP contribution in [0.4, 0.5) is 16.2 Å². The summed E-state index contributed by atoms with van der Waals surface area (Å²) in [5.74, 6) is -0.221.